The zero-order valence-corrected chi connectivity index (χ0v) is 14.8. The maximum atomic E-state index is 12.8. The van der Waals surface area contributed by atoms with E-state index in [4.69, 9.17) is 9.47 Å². The second kappa shape index (κ2) is 7.07. The summed E-state index contributed by atoms with van der Waals surface area (Å²) < 4.78 is 11.2. The molecule has 1 atom stereocenters. The van der Waals surface area contributed by atoms with Crippen LogP contribution in [0.15, 0.2) is 18.3 Å². The second-order valence-corrected chi connectivity index (χ2v) is 7.24. The zero-order chi connectivity index (χ0) is 17.2. The summed E-state index contributed by atoms with van der Waals surface area (Å²) in [6.45, 7) is 7.71. The lowest BCUT2D eigenvalue weighted by Gasteiger charge is -2.42. The molecular formula is C18H27N3O3. The number of anilines is 1. The molecule has 1 aromatic rings. The smallest absolute Gasteiger partial charge is 0.255 e. The largest absolute Gasteiger partial charge is 0.382 e. The molecule has 1 amide bonds. The van der Waals surface area contributed by atoms with Crippen LogP contribution in [-0.4, -0.2) is 67.4 Å². The Morgan fingerprint density at radius 2 is 2.12 bits per heavy atom. The van der Waals surface area contributed by atoms with Gasteiger partial charge in [0.25, 0.3) is 5.91 Å². The third-order valence-electron chi connectivity index (χ3n) is 4.55. The average Bonchev–Trinajstić information content (AvgIpc) is 3.07. The average molecular weight is 333 g/mol. The molecule has 132 valence electrons. The molecule has 2 aliphatic rings. The highest BCUT2D eigenvalue weighted by Gasteiger charge is 2.36. The Balaban J connectivity index is 1.70. The van der Waals surface area contributed by atoms with Crippen LogP contribution in [-0.2, 0) is 9.47 Å². The minimum Gasteiger partial charge on any atom is -0.382 e. The fraction of sp³-hybridized carbons (Fsp3) is 0.667. The predicted octanol–water partition coefficient (Wildman–Crippen LogP) is 1.95. The molecule has 0 bridgehead atoms. The van der Waals surface area contributed by atoms with E-state index in [-0.39, 0.29) is 17.6 Å². The number of carbonyl (C=O) groups is 1. The van der Waals surface area contributed by atoms with Crippen molar-refractivity contribution in [3.05, 3.63) is 23.9 Å². The molecule has 0 spiro atoms. The van der Waals surface area contributed by atoms with Crippen LogP contribution in [0.2, 0.25) is 0 Å². The molecule has 2 saturated heterocycles. The van der Waals surface area contributed by atoms with Gasteiger partial charge in [-0.2, -0.15) is 0 Å². The normalized spacial score (nSPS) is 23.5. The number of aromatic nitrogens is 1. The quantitative estimate of drug-likeness (QED) is 0.843. The van der Waals surface area contributed by atoms with Gasteiger partial charge in [-0.3, -0.25) is 4.79 Å². The highest BCUT2D eigenvalue weighted by atomic mass is 16.5. The van der Waals surface area contributed by atoms with Crippen molar-refractivity contribution < 1.29 is 14.3 Å². The molecular weight excluding hydrogens is 306 g/mol. The Labute approximate surface area is 143 Å². The summed E-state index contributed by atoms with van der Waals surface area (Å²) in [6.07, 6.45) is 4.03. The van der Waals surface area contributed by atoms with E-state index in [0.29, 0.717) is 25.3 Å². The van der Waals surface area contributed by atoms with Crippen molar-refractivity contribution in [3.63, 3.8) is 0 Å². The van der Waals surface area contributed by atoms with E-state index in [1.807, 2.05) is 30.9 Å². The number of hydrogen-bond acceptors (Lipinski definition) is 5. The molecule has 0 aliphatic carbocycles. The summed E-state index contributed by atoms with van der Waals surface area (Å²) in [4.78, 5) is 21.4. The number of methoxy groups -OCH3 is 1. The topological polar surface area (TPSA) is 54.9 Å². The van der Waals surface area contributed by atoms with Gasteiger partial charge in [0.1, 0.15) is 5.82 Å². The van der Waals surface area contributed by atoms with Gasteiger partial charge in [-0.15, -0.1) is 0 Å². The SMILES string of the molecule is COC[C@@H]1CN(C(=O)c2ccc(N3CCCC3)nc2)CC(C)(C)O1. The van der Waals surface area contributed by atoms with Crippen LogP contribution in [0.1, 0.15) is 37.0 Å². The van der Waals surface area contributed by atoms with Crippen LogP contribution in [0.5, 0.6) is 0 Å². The number of hydrogen-bond donors (Lipinski definition) is 0. The van der Waals surface area contributed by atoms with Gasteiger partial charge >= 0.3 is 0 Å². The van der Waals surface area contributed by atoms with Gasteiger partial charge in [0.2, 0.25) is 0 Å². The number of rotatable bonds is 4. The van der Waals surface area contributed by atoms with Crippen LogP contribution in [0, 0.1) is 0 Å². The first-order valence-electron chi connectivity index (χ1n) is 8.65. The minimum atomic E-state index is -0.375. The molecule has 6 heteroatoms. The van der Waals surface area contributed by atoms with E-state index in [1.165, 1.54) is 12.8 Å². The second-order valence-electron chi connectivity index (χ2n) is 7.24. The molecule has 6 nitrogen and oxygen atoms in total. The highest BCUT2D eigenvalue weighted by Crippen LogP contribution is 2.23. The maximum Gasteiger partial charge on any atom is 0.255 e. The first-order chi connectivity index (χ1) is 11.5. The van der Waals surface area contributed by atoms with Gasteiger partial charge in [0.15, 0.2) is 0 Å². The van der Waals surface area contributed by atoms with Crippen molar-refractivity contribution in [2.24, 2.45) is 0 Å². The van der Waals surface area contributed by atoms with E-state index in [2.05, 4.69) is 9.88 Å². The Kier molecular flexibility index (Phi) is 5.06. The molecule has 0 saturated carbocycles. The maximum absolute atomic E-state index is 12.8. The van der Waals surface area contributed by atoms with Crippen molar-refractivity contribution >= 4 is 11.7 Å². The summed E-state index contributed by atoms with van der Waals surface area (Å²) in [5, 5.41) is 0. The summed E-state index contributed by atoms with van der Waals surface area (Å²) in [5.74, 6) is 0.969. The van der Waals surface area contributed by atoms with Crippen LogP contribution >= 0.6 is 0 Å². The Hall–Kier alpha value is -1.66. The molecule has 3 heterocycles. The number of amides is 1. The molecule has 0 unspecified atom stereocenters. The fourth-order valence-electron chi connectivity index (χ4n) is 3.55. The Morgan fingerprint density at radius 1 is 1.38 bits per heavy atom. The molecule has 1 aromatic heterocycles. The Bertz CT molecular complexity index is 567. The predicted molar refractivity (Wildman–Crippen MR) is 92.4 cm³/mol. The van der Waals surface area contributed by atoms with Crippen molar-refractivity contribution in [1.82, 2.24) is 9.88 Å². The van der Waals surface area contributed by atoms with E-state index >= 15 is 0 Å². The van der Waals surface area contributed by atoms with Crippen molar-refractivity contribution in [1.29, 1.82) is 0 Å². The van der Waals surface area contributed by atoms with Crippen LogP contribution in [0.3, 0.4) is 0 Å². The van der Waals surface area contributed by atoms with Crippen molar-refractivity contribution in [3.8, 4) is 0 Å². The molecule has 2 fully saturated rings. The van der Waals surface area contributed by atoms with E-state index in [1.54, 1.807) is 13.3 Å². The summed E-state index contributed by atoms with van der Waals surface area (Å²) >= 11 is 0. The first kappa shape index (κ1) is 17.2. The number of morpholine rings is 1. The lowest BCUT2D eigenvalue weighted by atomic mass is 10.0. The zero-order valence-electron chi connectivity index (χ0n) is 14.8. The molecule has 2 aliphatic heterocycles. The number of ether oxygens (including phenoxy) is 2. The van der Waals surface area contributed by atoms with Gasteiger partial charge in [-0.05, 0) is 38.8 Å². The molecule has 0 N–H and O–H groups in total. The molecule has 3 rings (SSSR count). The minimum absolute atomic E-state index is 0.00736. The van der Waals surface area contributed by atoms with Gasteiger partial charge in [0.05, 0.1) is 23.9 Å². The molecule has 0 radical (unpaired) electrons. The van der Waals surface area contributed by atoms with Crippen LogP contribution in [0.4, 0.5) is 5.82 Å². The highest BCUT2D eigenvalue weighted by molar-refractivity contribution is 5.94. The fourth-order valence-corrected chi connectivity index (χ4v) is 3.55. The van der Waals surface area contributed by atoms with Gasteiger partial charge in [0, 0.05) is 39.5 Å². The van der Waals surface area contributed by atoms with Crippen molar-refractivity contribution in [2.45, 2.75) is 38.4 Å². The molecule has 24 heavy (non-hydrogen) atoms. The van der Waals surface area contributed by atoms with E-state index < -0.39 is 0 Å². The monoisotopic (exact) mass is 333 g/mol. The number of nitrogens with zero attached hydrogens (tertiary/aromatic N) is 3. The Morgan fingerprint density at radius 3 is 2.75 bits per heavy atom. The summed E-state index contributed by atoms with van der Waals surface area (Å²) in [7, 11) is 1.65. The van der Waals surface area contributed by atoms with Gasteiger partial charge in [-0.25, -0.2) is 4.98 Å². The first-order valence-corrected chi connectivity index (χ1v) is 8.65. The molecule has 0 aromatic carbocycles. The van der Waals surface area contributed by atoms with Gasteiger partial charge in [-0.1, -0.05) is 0 Å². The lowest BCUT2D eigenvalue weighted by Crippen LogP contribution is -2.55. The summed E-state index contributed by atoms with van der Waals surface area (Å²) in [6, 6.07) is 3.84. The third kappa shape index (κ3) is 3.87. The number of carbonyl (C=O) groups excluding carboxylic acids is 1. The number of pyridine rings is 1. The van der Waals surface area contributed by atoms with E-state index in [9.17, 15) is 4.79 Å². The van der Waals surface area contributed by atoms with Crippen molar-refractivity contribution in [2.75, 3.05) is 44.8 Å². The summed E-state index contributed by atoms with van der Waals surface area (Å²) in [5.41, 5.74) is 0.256. The standard InChI is InChI=1S/C18H27N3O3/c1-18(2)13-21(11-15(24-18)12-23-3)17(22)14-6-7-16(19-10-14)20-8-4-5-9-20/h6-7,10,15H,4-5,8-9,11-13H2,1-3H3/t15-/m0/s1. The third-order valence-corrected chi connectivity index (χ3v) is 4.55. The van der Waals surface area contributed by atoms with Crippen LogP contribution < -0.4 is 4.90 Å². The lowest BCUT2D eigenvalue weighted by molar-refractivity contribution is -0.143. The van der Waals surface area contributed by atoms with E-state index in [0.717, 1.165) is 18.9 Å². The van der Waals surface area contributed by atoms with Crippen LogP contribution in [0.25, 0.3) is 0 Å². The van der Waals surface area contributed by atoms with Gasteiger partial charge < -0.3 is 19.3 Å².